The average molecular weight is 404 g/mol. The Morgan fingerprint density at radius 2 is 1.43 bits per heavy atom. The first-order valence-corrected chi connectivity index (χ1v) is 11.2. The van der Waals surface area contributed by atoms with E-state index in [4.69, 9.17) is 0 Å². The lowest BCUT2D eigenvalue weighted by Gasteiger charge is -2.45. The molecule has 0 spiro atoms. The van der Waals surface area contributed by atoms with Crippen LogP contribution in [0.5, 0.6) is 0 Å². The van der Waals surface area contributed by atoms with E-state index < -0.39 is 5.54 Å². The van der Waals surface area contributed by atoms with E-state index in [1.165, 1.54) is 37.0 Å². The Morgan fingerprint density at radius 3 is 2.10 bits per heavy atom. The largest absolute Gasteiger partial charge is 0.326 e. The van der Waals surface area contributed by atoms with Crippen molar-refractivity contribution in [3.05, 3.63) is 71.8 Å². The van der Waals surface area contributed by atoms with Crippen LogP contribution in [-0.4, -0.2) is 41.0 Å². The third-order valence-electron chi connectivity index (χ3n) is 7.20. The van der Waals surface area contributed by atoms with Crippen LogP contribution in [0.3, 0.4) is 0 Å². The number of imide groups is 1. The summed E-state index contributed by atoms with van der Waals surface area (Å²) in [6, 6.07) is 19.4. The Morgan fingerprint density at radius 1 is 0.833 bits per heavy atom. The number of carbonyl (C=O) groups excluding carboxylic acids is 2. The van der Waals surface area contributed by atoms with E-state index >= 15 is 0 Å². The molecular formula is C25H29N3O2. The third kappa shape index (κ3) is 3.12. The fraction of sp³-hybridized carbons (Fsp3) is 0.440. The summed E-state index contributed by atoms with van der Waals surface area (Å²) in [4.78, 5) is 30.9. The van der Waals surface area contributed by atoms with E-state index in [0.717, 1.165) is 24.1 Å². The molecule has 0 aromatic heterocycles. The van der Waals surface area contributed by atoms with Crippen molar-refractivity contribution in [3.63, 3.8) is 0 Å². The van der Waals surface area contributed by atoms with Gasteiger partial charge in [0.25, 0.3) is 5.91 Å². The lowest BCUT2D eigenvalue weighted by Crippen LogP contribution is -2.53. The maximum absolute atomic E-state index is 13.9. The Kier molecular flexibility index (Phi) is 5.07. The molecule has 2 unspecified atom stereocenters. The molecule has 0 radical (unpaired) electrons. The first-order chi connectivity index (χ1) is 14.7. The number of amides is 3. The third-order valence-corrected chi connectivity index (χ3v) is 7.20. The summed E-state index contributed by atoms with van der Waals surface area (Å²) in [5, 5.41) is 3.07. The molecule has 2 aromatic rings. The van der Waals surface area contributed by atoms with Crippen molar-refractivity contribution in [2.45, 2.75) is 50.1 Å². The van der Waals surface area contributed by atoms with Crippen LogP contribution in [0.2, 0.25) is 0 Å². The lowest BCUT2D eigenvalue weighted by atomic mass is 9.78. The predicted octanol–water partition coefficient (Wildman–Crippen LogP) is 4.09. The van der Waals surface area contributed by atoms with Crippen LogP contribution in [0.1, 0.15) is 49.7 Å². The molecule has 5 nitrogen and oxygen atoms in total. The van der Waals surface area contributed by atoms with Crippen molar-refractivity contribution >= 4 is 11.9 Å². The van der Waals surface area contributed by atoms with Crippen molar-refractivity contribution in [1.82, 2.24) is 15.1 Å². The van der Waals surface area contributed by atoms with Gasteiger partial charge < -0.3 is 5.32 Å². The fourth-order valence-electron chi connectivity index (χ4n) is 5.72. The zero-order valence-electron chi connectivity index (χ0n) is 17.3. The van der Waals surface area contributed by atoms with Crippen LogP contribution in [0.4, 0.5) is 4.79 Å². The quantitative estimate of drug-likeness (QED) is 0.782. The van der Waals surface area contributed by atoms with E-state index in [1.54, 1.807) is 0 Å². The van der Waals surface area contributed by atoms with Crippen LogP contribution < -0.4 is 5.32 Å². The molecule has 30 heavy (non-hydrogen) atoms. The van der Waals surface area contributed by atoms with Gasteiger partial charge >= 0.3 is 6.03 Å². The molecule has 5 heteroatoms. The van der Waals surface area contributed by atoms with Gasteiger partial charge in [-0.25, -0.2) is 9.69 Å². The molecule has 2 atom stereocenters. The van der Waals surface area contributed by atoms with Gasteiger partial charge in [-0.15, -0.1) is 0 Å². The number of hydrogen-bond donors (Lipinski definition) is 1. The minimum Gasteiger partial charge on any atom is -0.315 e. The van der Waals surface area contributed by atoms with Gasteiger partial charge in [0, 0.05) is 12.6 Å². The van der Waals surface area contributed by atoms with Crippen LogP contribution in [0.15, 0.2) is 60.7 Å². The normalized spacial score (nSPS) is 26.3. The highest BCUT2D eigenvalue weighted by molar-refractivity contribution is 6.09. The number of piperidine rings is 1. The monoisotopic (exact) mass is 403 g/mol. The zero-order chi connectivity index (χ0) is 20.6. The Bertz CT molecular complexity index is 873. The second kappa shape index (κ2) is 7.88. The predicted molar refractivity (Wildman–Crippen MR) is 116 cm³/mol. The topological polar surface area (TPSA) is 52.7 Å². The highest BCUT2D eigenvalue weighted by Gasteiger charge is 2.54. The van der Waals surface area contributed by atoms with E-state index in [1.807, 2.05) is 60.7 Å². The van der Waals surface area contributed by atoms with Crippen LogP contribution in [0, 0.1) is 5.92 Å². The summed E-state index contributed by atoms with van der Waals surface area (Å²) in [5.74, 6) is 0.532. The molecule has 2 aromatic carbocycles. The Hall–Kier alpha value is -2.66. The number of nitrogens with zero attached hydrogens (tertiary/aromatic N) is 2. The van der Waals surface area contributed by atoms with Crippen LogP contribution in [0.25, 0.3) is 0 Å². The maximum atomic E-state index is 13.9. The summed E-state index contributed by atoms with van der Waals surface area (Å²) in [6.45, 7) is 1.34. The van der Waals surface area contributed by atoms with Gasteiger partial charge in [0.1, 0.15) is 0 Å². The summed E-state index contributed by atoms with van der Waals surface area (Å²) in [6.07, 6.45) is 7.43. The van der Waals surface area contributed by atoms with E-state index in [-0.39, 0.29) is 11.9 Å². The smallest absolute Gasteiger partial charge is 0.315 e. The molecule has 2 saturated heterocycles. The highest BCUT2D eigenvalue weighted by atomic mass is 16.2. The molecule has 2 heterocycles. The number of rotatable bonds is 4. The van der Waals surface area contributed by atoms with Crippen LogP contribution in [-0.2, 0) is 10.3 Å². The summed E-state index contributed by atoms with van der Waals surface area (Å²) >= 11 is 0. The van der Waals surface area contributed by atoms with Crippen molar-refractivity contribution in [3.8, 4) is 0 Å². The lowest BCUT2D eigenvalue weighted by molar-refractivity contribution is -0.132. The van der Waals surface area contributed by atoms with Gasteiger partial charge in [0.05, 0.1) is 6.67 Å². The molecule has 0 bridgehead atoms. The second-order valence-electron chi connectivity index (χ2n) is 8.85. The summed E-state index contributed by atoms with van der Waals surface area (Å²) in [7, 11) is 0. The van der Waals surface area contributed by atoms with Crippen molar-refractivity contribution in [2.75, 3.05) is 13.2 Å². The minimum atomic E-state index is -1.17. The molecule has 5 rings (SSSR count). The number of carbonyl (C=O) groups is 2. The van der Waals surface area contributed by atoms with Gasteiger partial charge in [-0.05, 0) is 42.7 Å². The molecule has 2 aliphatic heterocycles. The standard InChI is InChI=1S/C25H29N3O2/c29-23-25(20-12-3-1-4-13-20,21-14-5-2-6-15-21)26-24(30)28(23)18-27-17-9-11-19-10-7-8-16-22(19)27/h1-6,12-15,19,22H,7-11,16-18H2,(H,26,30). The molecular weight excluding hydrogens is 374 g/mol. The van der Waals surface area contributed by atoms with Crippen molar-refractivity contribution < 1.29 is 9.59 Å². The Labute approximate surface area is 178 Å². The molecule has 3 amide bonds. The van der Waals surface area contributed by atoms with E-state index in [0.29, 0.717) is 18.6 Å². The van der Waals surface area contributed by atoms with Gasteiger partial charge in [0.15, 0.2) is 5.54 Å². The zero-order valence-corrected chi connectivity index (χ0v) is 17.3. The molecule has 1 saturated carbocycles. The molecule has 3 aliphatic rings. The first kappa shape index (κ1) is 19.3. The van der Waals surface area contributed by atoms with Crippen molar-refractivity contribution in [2.24, 2.45) is 5.92 Å². The number of benzene rings is 2. The minimum absolute atomic E-state index is 0.178. The average Bonchev–Trinajstić information content (AvgIpc) is 3.06. The number of fused-ring (bicyclic) bond motifs is 1. The molecule has 1 aliphatic carbocycles. The van der Waals surface area contributed by atoms with Gasteiger partial charge in [-0.1, -0.05) is 73.5 Å². The number of likely N-dealkylation sites (tertiary alicyclic amines) is 1. The summed E-state index contributed by atoms with van der Waals surface area (Å²) < 4.78 is 0. The van der Waals surface area contributed by atoms with E-state index in [9.17, 15) is 9.59 Å². The van der Waals surface area contributed by atoms with Crippen LogP contribution >= 0.6 is 0 Å². The molecule has 3 fully saturated rings. The molecule has 156 valence electrons. The molecule has 1 N–H and O–H groups in total. The number of hydrogen-bond acceptors (Lipinski definition) is 3. The first-order valence-electron chi connectivity index (χ1n) is 11.2. The highest BCUT2D eigenvalue weighted by Crippen LogP contribution is 2.38. The van der Waals surface area contributed by atoms with Crippen molar-refractivity contribution in [1.29, 1.82) is 0 Å². The number of urea groups is 1. The van der Waals surface area contributed by atoms with Gasteiger partial charge in [-0.3, -0.25) is 9.69 Å². The fourth-order valence-corrected chi connectivity index (χ4v) is 5.72. The van der Waals surface area contributed by atoms with Gasteiger partial charge in [0.2, 0.25) is 0 Å². The Balaban J connectivity index is 1.48. The van der Waals surface area contributed by atoms with E-state index in [2.05, 4.69) is 10.2 Å². The second-order valence-corrected chi connectivity index (χ2v) is 8.85. The number of nitrogens with one attached hydrogen (secondary N) is 1. The summed E-state index contributed by atoms with van der Waals surface area (Å²) in [5.41, 5.74) is 0.430. The maximum Gasteiger partial charge on any atom is 0.326 e. The van der Waals surface area contributed by atoms with Gasteiger partial charge in [-0.2, -0.15) is 0 Å². The SMILES string of the molecule is O=C1NC(c2ccccc2)(c2ccccc2)C(=O)N1CN1CCCC2CCCCC21.